The number of aromatic nitrogens is 1. The SMILES string of the molecule is O=C(Nc1ccc(Cl)cc1F)c1c[nH]c2ccccc12. The molecule has 0 aliphatic carbocycles. The van der Waals surface area contributed by atoms with Gasteiger partial charge in [-0.05, 0) is 24.3 Å². The number of nitrogens with one attached hydrogen (secondary N) is 2. The summed E-state index contributed by atoms with van der Waals surface area (Å²) in [6.45, 7) is 0. The summed E-state index contributed by atoms with van der Waals surface area (Å²) in [5.74, 6) is -0.936. The fourth-order valence-electron chi connectivity index (χ4n) is 2.04. The molecule has 0 bridgehead atoms. The molecule has 3 aromatic rings. The molecule has 1 amide bonds. The zero-order chi connectivity index (χ0) is 14.1. The van der Waals surface area contributed by atoms with Crippen LogP contribution in [0, 0.1) is 5.82 Å². The van der Waals surface area contributed by atoms with Crippen LogP contribution < -0.4 is 5.32 Å². The van der Waals surface area contributed by atoms with Gasteiger partial charge in [0.25, 0.3) is 5.91 Å². The third-order valence-corrected chi connectivity index (χ3v) is 3.25. The highest BCUT2D eigenvalue weighted by Gasteiger charge is 2.13. The normalized spacial score (nSPS) is 10.7. The van der Waals surface area contributed by atoms with Gasteiger partial charge in [0.1, 0.15) is 5.82 Å². The minimum absolute atomic E-state index is 0.102. The van der Waals surface area contributed by atoms with Crippen LogP contribution >= 0.6 is 11.6 Å². The van der Waals surface area contributed by atoms with Gasteiger partial charge in [0, 0.05) is 22.1 Å². The summed E-state index contributed by atoms with van der Waals surface area (Å²) in [7, 11) is 0. The lowest BCUT2D eigenvalue weighted by atomic mass is 10.1. The Hall–Kier alpha value is -2.33. The summed E-state index contributed by atoms with van der Waals surface area (Å²) in [5, 5.41) is 3.62. The van der Waals surface area contributed by atoms with Crippen LogP contribution in [0.25, 0.3) is 10.9 Å². The van der Waals surface area contributed by atoms with Crippen molar-refractivity contribution in [3.05, 3.63) is 65.1 Å². The van der Waals surface area contributed by atoms with Crippen molar-refractivity contribution < 1.29 is 9.18 Å². The lowest BCUT2D eigenvalue weighted by molar-refractivity contribution is 0.102. The Morgan fingerprint density at radius 2 is 2.00 bits per heavy atom. The summed E-state index contributed by atoms with van der Waals surface area (Å²) in [6.07, 6.45) is 1.60. The first-order valence-electron chi connectivity index (χ1n) is 5.97. The lowest BCUT2D eigenvalue weighted by Gasteiger charge is -2.06. The van der Waals surface area contributed by atoms with Gasteiger partial charge in [0.2, 0.25) is 0 Å². The maximum absolute atomic E-state index is 13.7. The lowest BCUT2D eigenvalue weighted by Crippen LogP contribution is -2.12. The Morgan fingerprint density at radius 1 is 1.20 bits per heavy atom. The molecule has 0 saturated carbocycles. The Balaban J connectivity index is 1.93. The van der Waals surface area contributed by atoms with Crippen LogP contribution in [-0.2, 0) is 0 Å². The molecule has 0 fully saturated rings. The highest BCUT2D eigenvalue weighted by Crippen LogP contribution is 2.22. The standard InChI is InChI=1S/C15H10ClFN2O/c16-9-5-6-14(12(17)7-9)19-15(20)11-8-18-13-4-2-1-3-10(11)13/h1-8,18H,(H,19,20). The first kappa shape index (κ1) is 12.7. The molecule has 2 N–H and O–H groups in total. The van der Waals surface area contributed by atoms with Crippen LogP contribution in [0.1, 0.15) is 10.4 Å². The highest BCUT2D eigenvalue weighted by molar-refractivity contribution is 6.30. The van der Waals surface area contributed by atoms with Crippen molar-refractivity contribution in [2.75, 3.05) is 5.32 Å². The van der Waals surface area contributed by atoms with Crippen molar-refractivity contribution >= 4 is 34.1 Å². The molecule has 3 nitrogen and oxygen atoms in total. The van der Waals surface area contributed by atoms with Crippen LogP contribution in [0.3, 0.4) is 0 Å². The Kier molecular flexibility index (Phi) is 3.16. The summed E-state index contributed by atoms with van der Waals surface area (Å²) < 4.78 is 13.7. The summed E-state index contributed by atoms with van der Waals surface area (Å²) >= 11 is 5.67. The summed E-state index contributed by atoms with van der Waals surface area (Å²) in [5.41, 5.74) is 1.42. The molecule has 0 radical (unpaired) electrons. The van der Waals surface area contributed by atoms with Gasteiger partial charge >= 0.3 is 0 Å². The van der Waals surface area contributed by atoms with Crippen molar-refractivity contribution in [2.24, 2.45) is 0 Å². The van der Waals surface area contributed by atoms with E-state index in [1.54, 1.807) is 6.20 Å². The van der Waals surface area contributed by atoms with E-state index in [9.17, 15) is 9.18 Å². The molecule has 0 spiro atoms. The number of amides is 1. The van der Waals surface area contributed by atoms with E-state index in [0.717, 1.165) is 17.0 Å². The average molecular weight is 289 g/mol. The van der Waals surface area contributed by atoms with Gasteiger partial charge in [0.05, 0.1) is 11.3 Å². The van der Waals surface area contributed by atoms with Crippen molar-refractivity contribution in [3.8, 4) is 0 Å². The number of hydrogen-bond acceptors (Lipinski definition) is 1. The van der Waals surface area contributed by atoms with Gasteiger partial charge < -0.3 is 10.3 Å². The van der Waals surface area contributed by atoms with E-state index in [2.05, 4.69) is 10.3 Å². The minimum Gasteiger partial charge on any atom is -0.360 e. The Morgan fingerprint density at radius 3 is 2.80 bits per heavy atom. The quantitative estimate of drug-likeness (QED) is 0.729. The van der Waals surface area contributed by atoms with E-state index in [-0.39, 0.29) is 16.6 Å². The van der Waals surface area contributed by atoms with E-state index in [0.29, 0.717) is 5.56 Å². The molecule has 0 saturated heterocycles. The number of para-hydroxylation sites is 1. The predicted molar refractivity (Wildman–Crippen MR) is 77.7 cm³/mol. The van der Waals surface area contributed by atoms with Crippen LogP contribution in [-0.4, -0.2) is 10.9 Å². The molecule has 0 atom stereocenters. The molecular weight excluding hydrogens is 279 g/mol. The average Bonchev–Trinajstić information content (AvgIpc) is 2.86. The number of anilines is 1. The van der Waals surface area contributed by atoms with Crippen LogP contribution in [0.4, 0.5) is 10.1 Å². The summed E-state index contributed by atoms with van der Waals surface area (Å²) in [6, 6.07) is 11.5. The maximum atomic E-state index is 13.7. The van der Waals surface area contributed by atoms with E-state index in [1.807, 2.05) is 24.3 Å². The molecule has 20 heavy (non-hydrogen) atoms. The number of carbonyl (C=O) groups excluding carboxylic acids is 1. The predicted octanol–water partition coefficient (Wildman–Crippen LogP) is 4.21. The number of H-pyrrole nitrogens is 1. The van der Waals surface area contributed by atoms with Gasteiger partial charge in [-0.15, -0.1) is 0 Å². The second-order valence-corrected chi connectivity index (χ2v) is 4.76. The zero-order valence-corrected chi connectivity index (χ0v) is 11.0. The fourth-order valence-corrected chi connectivity index (χ4v) is 2.20. The second kappa shape index (κ2) is 4.98. The number of benzene rings is 2. The Bertz CT molecular complexity index is 797. The topological polar surface area (TPSA) is 44.9 Å². The third-order valence-electron chi connectivity index (χ3n) is 3.01. The largest absolute Gasteiger partial charge is 0.360 e. The van der Waals surface area contributed by atoms with Crippen molar-refractivity contribution in [1.29, 1.82) is 0 Å². The van der Waals surface area contributed by atoms with Crippen molar-refractivity contribution in [2.45, 2.75) is 0 Å². The van der Waals surface area contributed by atoms with Gasteiger partial charge in [-0.3, -0.25) is 4.79 Å². The number of carbonyl (C=O) groups is 1. The smallest absolute Gasteiger partial charge is 0.257 e. The molecule has 1 aromatic heterocycles. The molecule has 0 aliphatic heterocycles. The molecule has 5 heteroatoms. The van der Waals surface area contributed by atoms with Gasteiger partial charge in [-0.2, -0.15) is 0 Å². The molecule has 1 heterocycles. The molecular formula is C15H10ClFN2O. The highest BCUT2D eigenvalue weighted by atomic mass is 35.5. The van der Waals surface area contributed by atoms with Crippen LogP contribution in [0.5, 0.6) is 0 Å². The monoisotopic (exact) mass is 288 g/mol. The maximum Gasteiger partial charge on any atom is 0.257 e. The number of fused-ring (bicyclic) bond motifs is 1. The molecule has 0 aliphatic rings. The fraction of sp³-hybridized carbons (Fsp3) is 0. The number of hydrogen-bond donors (Lipinski definition) is 2. The molecule has 0 unspecified atom stereocenters. The van der Waals surface area contributed by atoms with Crippen LogP contribution in [0.15, 0.2) is 48.7 Å². The van der Waals surface area contributed by atoms with E-state index in [4.69, 9.17) is 11.6 Å². The van der Waals surface area contributed by atoms with Crippen molar-refractivity contribution in [1.82, 2.24) is 4.98 Å². The van der Waals surface area contributed by atoms with Gasteiger partial charge in [0.15, 0.2) is 0 Å². The first-order chi connectivity index (χ1) is 9.65. The third kappa shape index (κ3) is 2.26. The zero-order valence-electron chi connectivity index (χ0n) is 10.3. The van der Waals surface area contributed by atoms with E-state index in [1.165, 1.54) is 12.1 Å². The number of aromatic amines is 1. The number of rotatable bonds is 2. The molecule has 2 aromatic carbocycles. The van der Waals surface area contributed by atoms with Crippen molar-refractivity contribution in [3.63, 3.8) is 0 Å². The van der Waals surface area contributed by atoms with E-state index >= 15 is 0 Å². The second-order valence-electron chi connectivity index (χ2n) is 4.33. The van der Waals surface area contributed by atoms with Gasteiger partial charge in [-0.1, -0.05) is 29.8 Å². The molecule has 3 rings (SSSR count). The van der Waals surface area contributed by atoms with E-state index < -0.39 is 5.82 Å². The molecule has 100 valence electrons. The van der Waals surface area contributed by atoms with Crippen LogP contribution in [0.2, 0.25) is 5.02 Å². The Labute approximate surface area is 119 Å². The van der Waals surface area contributed by atoms with Gasteiger partial charge in [-0.25, -0.2) is 4.39 Å². The first-order valence-corrected chi connectivity index (χ1v) is 6.35. The summed E-state index contributed by atoms with van der Waals surface area (Å²) in [4.78, 5) is 15.2. The number of halogens is 2. The minimum atomic E-state index is -0.564.